The molecule has 3 N–H and O–H groups in total. The molecule has 2 amide bonds. The maximum Gasteiger partial charge on any atom is 0.247 e. The van der Waals surface area contributed by atoms with Gasteiger partial charge in [-0.25, -0.2) is 0 Å². The normalized spacial score (nSPS) is 24.9. The lowest BCUT2D eigenvalue weighted by atomic mass is 9.77. The zero-order valence-electron chi connectivity index (χ0n) is 19.2. The van der Waals surface area contributed by atoms with Crippen LogP contribution in [0.5, 0.6) is 11.5 Å². The predicted molar refractivity (Wildman–Crippen MR) is 120 cm³/mol. The largest absolute Gasteiger partial charge is 0.493 e. The first kappa shape index (κ1) is 24.2. The summed E-state index contributed by atoms with van der Waals surface area (Å²) in [6, 6.07) is 2.34. The Morgan fingerprint density at radius 1 is 1.29 bits per heavy atom. The Morgan fingerprint density at radius 2 is 2.06 bits per heavy atom. The molecule has 1 aliphatic heterocycles. The zero-order valence-corrected chi connectivity index (χ0v) is 19.2. The number of nitrogens with zero attached hydrogens (tertiary/aromatic N) is 1. The van der Waals surface area contributed by atoms with Crippen molar-refractivity contribution in [2.75, 3.05) is 40.5 Å². The highest BCUT2D eigenvalue weighted by Crippen LogP contribution is 2.51. The summed E-state index contributed by atoms with van der Waals surface area (Å²) in [5.74, 6) is -0.660. The molecule has 0 radical (unpaired) electrons. The van der Waals surface area contributed by atoms with Crippen molar-refractivity contribution in [1.29, 1.82) is 0 Å². The first-order valence-corrected chi connectivity index (χ1v) is 11.4. The van der Waals surface area contributed by atoms with E-state index in [4.69, 9.17) is 14.2 Å². The van der Waals surface area contributed by atoms with Crippen LogP contribution in [0.1, 0.15) is 34.7 Å². The Balaban J connectivity index is 1.79. The third-order valence-electron chi connectivity index (χ3n) is 6.52. The fourth-order valence-corrected chi connectivity index (χ4v) is 4.72. The Hall–Kier alpha value is -2.95. The van der Waals surface area contributed by atoms with Gasteiger partial charge in [0.15, 0.2) is 11.5 Å². The second-order valence-electron chi connectivity index (χ2n) is 8.70. The monoisotopic (exact) mass is 474 g/mol. The number of rotatable bonds is 10. The van der Waals surface area contributed by atoms with Crippen molar-refractivity contribution in [2.24, 2.45) is 5.92 Å². The zero-order chi connectivity index (χ0) is 24.4. The summed E-state index contributed by atoms with van der Waals surface area (Å²) in [5.41, 5.74) is 1.19. The van der Waals surface area contributed by atoms with Gasteiger partial charge in [0.2, 0.25) is 11.8 Å². The number of nitrogens with one attached hydrogen (secondary N) is 1. The standard InChI is InChI=1S/C24H30N2O8/c1-32-8-6-26(24(31)14-3-4-14)17-11-16(23(30)25-5-7-27)19-15-9-13(12-28)10-18(33-2)21(15)34-22(19)20(17)29/h9-12,14,17,19-20,22,27,29H,3-8H2,1-2H3,(H,25,30). The van der Waals surface area contributed by atoms with Gasteiger partial charge < -0.3 is 34.6 Å². The van der Waals surface area contributed by atoms with Crippen molar-refractivity contribution < 1.29 is 38.8 Å². The molecule has 10 heteroatoms. The summed E-state index contributed by atoms with van der Waals surface area (Å²) >= 11 is 0. The van der Waals surface area contributed by atoms with Crippen LogP contribution in [0.25, 0.3) is 0 Å². The number of benzene rings is 1. The second-order valence-corrected chi connectivity index (χ2v) is 8.70. The SMILES string of the molecule is COCCN(C(=O)C1CC1)C1C=C(C(=O)NCCO)C2c3cc(C=O)cc(OC)c3OC2C1O. The van der Waals surface area contributed by atoms with E-state index in [2.05, 4.69) is 5.32 Å². The lowest BCUT2D eigenvalue weighted by molar-refractivity contribution is -0.139. The van der Waals surface area contributed by atoms with Gasteiger partial charge in [-0.2, -0.15) is 0 Å². The summed E-state index contributed by atoms with van der Waals surface area (Å²) < 4.78 is 16.7. The van der Waals surface area contributed by atoms with Crippen molar-refractivity contribution in [3.8, 4) is 11.5 Å². The quantitative estimate of drug-likeness (QED) is 0.404. The van der Waals surface area contributed by atoms with Crippen molar-refractivity contribution >= 4 is 18.1 Å². The van der Waals surface area contributed by atoms with Crippen molar-refractivity contribution in [3.63, 3.8) is 0 Å². The molecule has 34 heavy (non-hydrogen) atoms. The summed E-state index contributed by atoms with van der Waals surface area (Å²) in [5, 5.41) is 23.3. The molecule has 4 unspecified atom stereocenters. The Labute approximate surface area is 197 Å². The van der Waals surface area contributed by atoms with Gasteiger partial charge >= 0.3 is 0 Å². The number of hydrogen-bond donors (Lipinski definition) is 3. The van der Waals surface area contributed by atoms with Gasteiger partial charge in [-0.05, 0) is 31.1 Å². The molecule has 3 aliphatic rings. The number of aldehydes is 1. The number of aliphatic hydroxyl groups is 2. The van der Waals surface area contributed by atoms with E-state index in [9.17, 15) is 24.6 Å². The van der Waals surface area contributed by atoms with Crippen molar-refractivity contribution in [1.82, 2.24) is 10.2 Å². The van der Waals surface area contributed by atoms with Gasteiger partial charge in [0.25, 0.3) is 0 Å². The molecule has 1 aromatic rings. The number of aliphatic hydroxyl groups excluding tert-OH is 2. The maximum absolute atomic E-state index is 13.2. The lowest BCUT2D eigenvalue weighted by Gasteiger charge is -2.40. The molecular weight excluding hydrogens is 444 g/mol. The van der Waals surface area contributed by atoms with Gasteiger partial charge in [-0.15, -0.1) is 0 Å². The van der Waals surface area contributed by atoms with Crippen LogP contribution in [-0.2, 0) is 14.3 Å². The molecule has 1 saturated carbocycles. The molecule has 0 saturated heterocycles. The fourth-order valence-electron chi connectivity index (χ4n) is 4.72. The number of fused-ring (bicyclic) bond motifs is 3. The first-order valence-electron chi connectivity index (χ1n) is 11.4. The third kappa shape index (κ3) is 4.40. The molecule has 10 nitrogen and oxygen atoms in total. The minimum atomic E-state index is -1.14. The summed E-state index contributed by atoms with van der Waals surface area (Å²) in [7, 11) is 2.98. The molecule has 2 aliphatic carbocycles. The smallest absolute Gasteiger partial charge is 0.247 e. The molecule has 4 rings (SSSR count). The molecule has 1 heterocycles. The minimum absolute atomic E-state index is 0.0422. The predicted octanol–water partition coefficient (Wildman–Crippen LogP) is 0.0153. The summed E-state index contributed by atoms with van der Waals surface area (Å²) in [4.78, 5) is 39.3. The Bertz CT molecular complexity index is 989. The van der Waals surface area contributed by atoms with Crippen LogP contribution in [-0.4, -0.2) is 92.0 Å². The molecule has 0 bridgehead atoms. The highest BCUT2D eigenvalue weighted by Gasteiger charge is 2.52. The van der Waals surface area contributed by atoms with Crippen LogP contribution >= 0.6 is 0 Å². The molecule has 0 aromatic heterocycles. The van der Waals surface area contributed by atoms with E-state index in [1.165, 1.54) is 20.3 Å². The molecule has 1 fully saturated rings. The van der Waals surface area contributed by atoms with Crippen molar-refractivity contribution in [3.05, 3.63) is 34.9 Å². The lowest BCUT2D eigenvalue weighted by Crippen LogP contribution is -2.56. The summed E-state index contributed by atoms with van der Waals surface area (Å²) in [6.45, 7) is 0.321. The number of carbonyl (C=O) groups is 3. The molecule has 0 spiro atoms. The topological polar surface area (TPSA) is 135 Å². The summed E-state index contributed by atoms with van der Waals surface area (Å²) in [6.07, 6.45) is 1.83. The molecule has 184 valence electrons. The van der Waals surface area contributed by atoms with Crippen molar-refractivity contribution in [2.45, 2.75) is 37.0 Å². The van der Waals surface area contributed by atoms with E-state index in [1.807, 2.05) is 0 Å². The van der Waals surface area contributed by atoms with Gasteiger partial charge in [0.1, 0.15) is 18.5 Å². The number of methoxy groups -OCH3 is 2. The Kier molecular flexibility index (Phi) is 7.20. The third-order valence-corrected chi connectivity index (χ3v) is 6.52. The fraction of sp³-hybridized carbons (Fsp3) is 0.542. The van der Waals surface area contributed by atoms with E-state index in [0.717, 1.165) is 12.8 Å². The highest BCUT2D eigenvalue weighted by molar-refractivity contribution is 5.96. The van der Waals surface area contributed by atoms with Crippen LogP contribution in [0, 0.1) is 5.92 Å². The average Bonchev–Trinajstić information content (AvgIpc) is 3.63. The minimum Gasteiger partial charge on any atom is -0.493 e. The van der Waals surface area contributed by atoms with Crippen LogP contribution in [0.4, 0.5) is 0 Å². The van der Waals surface area contributed by atoms with E-state index >= 15 is 0 Å². The van der Waals surface area contributed by atoms with Gasteiger partial charge in [0.05, 0.1) is 32.3 Å². The van der Waals surface area contributed by atoms with E-state index in [0.29, 0.717) is 34.5 Å². The van der Waals surface area contributed by atoms with E-state index < -0.39 is 30.1 Å². The number of ether oxygens (including phenoxy) is 3. The van der Waals surface area contributed by atoms with Crippen LogP contribution in [0.2, 0.25) is 0 Å². The molecule has 1 aromatic carbocycles. The van der Waals surface area contributed by atoms with E-state index in [1.54, 1.807) is 17.0 Å². The number of carbonyl (C=O) groups excluding carboxylic acids is 3. The first-order chi connectivity index (χ1) is 16.4. The van der Waals surface area contributed by atoms with Crippen LogP contribution in [0.15, 0.2) is 23.8 Å². The van der Waals surface area contributed by atoms with Gasteiger partial charge in [0, 0.05) is 42.8 Å². The van der Waals surface area contributed by atoms with Crippen LogP contribution in [0.3, 0.4) is 0 Å². The average molecular weight is 475 g/mol. The maximum atomic E-state index is 13.2. The number of amides is 2. The second kappa shape index (κ2) is 10.1. The number of hydrogen-bond acceptors (Lipinski definition) is 8. The highest BCUT2D eigenvalue weighted by atomic mass is 16.5. The Morgan fingerprint density at radius 3 is 2.68 bits per heavy atom. The molecular formula is C24H30N2O8. The molecule has 4 atom stereocenters. The van der Waals surface area contributed by atoms with Gasteiger partial charge in [-0.3, -0.25) is 14.4 Å². The van der Waals surface area contributed by atoms with E-state index in [-0.39, 0.29) is 38.1 Å². The van der Waals surface area contributed by atoms with Gasteiger partial charge in [-0.1, -0.05) is 0 Å². The van der Waals surface area contributed by atoms with Crippen LogP contribution < -0.4 is 14.8 Å².